The van der Waals surface area contributed by atoms with E-state index < -0.39 is 0 Å². The quantitative estimate of drug-likeness (QED) is 0.905. The van der Waals surface area contributed by atoms with Gasteiger partial charge in [-0.15, -0.1) is 0 Å². The van der Waals surface area contributed by atoms with Crippen LogP contribution < -0.4 is 10.5 Å². The number of rotatable bonds is 4. The van der Waals surface area contributed by atoms with Gasteiger partial charge in [0.25, 0.3) is 0 Å². The van der Waals surface area contributed by atoms with Gasteiger partial charge in [0.1, 0.15) is 12.4 Å². The van der Waals surface area contributed by atoms with E-state index in [9.17, 15) is 0 Å². The molecule has 2 N–H and O–H groups in total. The first-order chi connectivity index (χ1) is 8.28. The minimum absolute atomic E-state index is 0.411. The molecule has 0 unspecified atom stereocenters. The van der Waals surface area contributed by atoms with E-state index in [0.29, 0.717) is 18.2 Å². The second-order valence-electron chi connectivity index (χ2n) is 3.57. The van der Waals surface area contributed by atoms with Crippen LogP contribution in [-0.2, 0) is 13.2 Å². The molecular weight excluding hydrogens is 236 g/mol. The molecule has 88 valence electrons. The number of ether oxygens (including phenoxy) is 1. The Kier molecular flexibility index (Phi) is 3.96. The lowest BCUT2D eigenvalue weighted by molar-refractivity contribution is 0.301. The van der Waals surface area contributed by atoms with Gasteiger partial charge in [-0.05, 0) is 30.3 Å². The number of nitrogens with zero attached hydrogens (tertiary/aromatic N) is 1. The normalized spacial score (nSPS) is 10.2. The van der Waals surface area contributed by atoms with E-state index in [1.165, 1.54) is 0 Å². The van der Waals surface area contributed by atoms with Gasteiger partial charge >= 0.3 is 0 Å². The van der Waals surface area contributed by atoms with E-state index in [-0.39, 0.29) is 0 Å². The highest BCUT2D eigenvalue weighted by Crippen LogP contribution is 2.18. The molecule has 1 aromatic carbocycles. The van der Waals surface area contributed by atoms with Crippen molar-refractivity contribution in [2.75, 3.05) is 0 Å². The summed E-state index contributed by atoms with van der Waals surface area (Å²) in [6.07, 6.45) is 0. The molecule has 0 atom stereocenters. The summed E-state index contributed by atoms with van der Waals surface area (Å²) in [6.45, 7) is 0.846. The molecule has 3 nitrogen and oxygen atoms in total. The van der Waals surface area contributed by atoms with Crippen molar-refractivity contribution in [2.24, 2.45) is 5.73 Å². The van der Waals surface area contributed by atoms with E-state index >= 15 is 0 Å². The fraction of sp³-hybridized carbons (Fsp3) is 0.154. The van der Waals surface area contributed by atoms with Gasteiger partial charge in [0.2, 0.25) is 0 Å². The Morgan fingerprint density at radius 3 is 2.65 bits per heavy atom. The SMILES string of the molecule is NCc1cccc(COc2cccc(Cl)c2)n1. The Labute approximate surface area is 105 Å². The molecule has 0 aliphatic rings. The third-order valence-corrected chi connectivity index (χ3v) is 2.49. The van der Waals surface area contributed by atoms with E-state index in [1.807, 2.05) is 36.4 Å². The van der Waals surface area contributed by atoms with Crippen LogP contribution in [0.15, 0.2) is 42.5 Å². The van der Waals surface area contributed by atoms with Crippen molar-refractivity contribution in [1.29, 1.82) is 0 Å². The summed E-state index contributed by atoms with van der Waals surface area (Å²) >= 11 is 5.86. The predicted octanol–water partition coefficient (Wildman–Crippen LogP) is 2.77. The molecule has 0 fully saturated rings. The van der Waals surface area contributed by atoms with Gasteiger partial charge in [0.15, 0.2) is 0 Å². The highest BCUT2D eigenvalue weighted by Gasteiger charge is 1.99. The van der Waals surface area contributed by atoms with Crippen molar-refractivity contribution in [3.8, 4) is 5.75 Å². The molecule has 2 aromatic rings. The second kappa shape index (κ2) is 5.66. The zero-order valence-electron chi connectivity index (χ0n) is 9.27. The van der Waals surface area contributed by atoms with Crippen LogP contribution in [0.5, 0.6) is 5.75 Å². The Hall–Kier alpha value is -1.58. The Bertz CT molecular complexity index is 502. The number of halogens is 1. The molecule has 17 heavy (non-hydrogen) atoms. The first-order valence-electron chi connectivity index (χ1n) is 5.31. The van der Waals surface area contributed by atoms with Crippen molar-refractivity contribution >= 4 is 11.6 Å². The van der Waals surface area contributed by atoms with Gasteiger partial charge in [-0.2, -0.15) is 0 Å². The molecule has 0 aliphatic carbocycles. The molecule has 0 saturated carbocycles. The van der Waals surface area contributed by atoms with Crippen molar-refractivity contribution in [3.05, 3.63) is 58.9 Å². The molecule has 0 amide bonds. The standard InChI is InChI=1S/C13H13ClN2O/c14-10-3-1-6-13(7-10)17-9-12-5-2-4-11(8-15)16-12/h1-7H,8-9,15H2. The summed E-state index contributed by atoms with van der Waals surface area (Å²) in [5.74, 6) is 0.734. The van der Waals surface area contributed by atoms with Crippen LogP contribution in [0.4, 0.5) is 0 Å². The smallest absolute Gasteiger partial charge is 0.130 e. The summed E-state index contributed by atoms with van der Waals surface area (Å²) in [4.78, 5) is 4.35. The van der Waals surface area contributed by atoms with Crippen LogP contribution in [0.2, 0.25) is 5.02 Å². The van der Waals surface area contributed by atoms with Crippen LogP contribution in [0.3, 0.4) is 0 Å². The van der Waals surface area contributed by atoms with Crippen LogP contribution in [0.25, 0.3) is 0 Å². The van der Waals surface area contributed by atoms with Gasteiger partial charge in [-0.3, -0.25) is 4.98 Å². The lowest BCUT2D eigenvalue weighted by Crippen LogP contribution is -2.04. The van der Waals surface area contributed by atoms with E-state index in [4.69, 9.17) is 22.1 Å². The molecule has 0 aliphatic heterocycles. The Morgan fingerprint density at radius 2 is 1.88 bits per heavy atom. The molecule has 0 spiro atoms. The zero-order chi connectivity index (χ0) is 12.1. The van der Waals surface area contributed by atoms with E-state index in [0.717, 1.165) is 17.1 Å². The van der Waals surface area contributed by atoms with Crippen molar-refractivity contribution in [2.45, 2.75) is 13.2 Å². The molecule has 0 bridgehead atoms. The fourth-order valence-electron chi connectivity index (χ4n) is 1.44. The third-order valence-electron chi connectivity index (χ3n) is 2.26. The largest absolute Gasteiger partial charge is 0.487 e. The first-order valence-corrected chi connectivity index (χ1v) is 5.69. The molecule has 4 heteroatoms. The van der Waals surface area contributed by atoms with E-state index in [2.05, 4.69) is 4.98 Å². The average Bonchev–Trinajstić information content (AvgIpc) is 2.37. The number of hydrogen-bond donors (Lipinski definition) is 1. The lowest BCUT2D eigenvalue weighted by Gasteiger charge is -2.06. The monoisotopic (exact) mass is 248 g/mol. The maximum Gasteiger partial charge on any atom is 0.130 e. The first kappa shape index (κ1) is 11.9. The minimum atomic E-state index is 0.411. The molecular formula is C13H13ClN2O. The number of pyridine rings is 1. The average molecular weight is 249 g/mol. The summed E-state index contributed by atoms with van der Waals surface area (Å²) < 4.78 is 5.58. The van der Waals surface area contributed by atoms with Crippen LogP contribution in [0, 0.1) is 0 Å². The topological polar surface area (TPSA) is 48.1 Å². The van der Waals surface area contributed by atoms with Gasteiger partial charge in [-0.25, -0.2) is 0 Å². The maximum absolute atomic E-state index is 5.86. The predicted molar refractivity (Wildman–Crippen MR) is 67.9 cm³/mol. The van der Waals surface area contributed by atoms with Crippen LogP contribution in [0.1, 0.15) is 11.4 Å². The highest BCUT2D eigenvalue weighted by atomic mass is 35.5. The Morgan fingerprint density at radius 1 is 1.12 bits per heavy atom. The molecule has 1 heterocycles. The minimum Gasteiger partial charge on any atom is -0.487 e. The molecule has 0 radical (unpaired) electrons. The molecule has 2 rings (SSSR count). The number of nitrogens with two attached hydrogens (primary N) is 1. The van der Waals surface area contributed by atoms with Gasteiger partial charge in [-0.1, -0.05) is 23.7 Å². The van der Waals surface area contributed by atoms with E-state index in [1.54, 1.807) is 6.07 Å². The van der Waals surface area contributed by atoms with Gasteiger partial charge in [0, 0.05) is 11.6 Å². The highest BCUT2D eigenvalue weighted by molar-refractivity contribution is 6.30. The van der Waals surface area contributed by atoms with Crippen molar-refractivity contribution in [1.82, 2.24) is 4.98 Å². The Balaban J connectivity index is 2.02. The third kappa shape index (κ3) is 3.44. The number of aromatic nitrogens is 1. The summed E-state index contributed by atoms with van der Waals surface area (Å²) in [5, 5.41) is 0.658. The number of benzene rings is 1. The summed E-state index contributed by atoms with van der Waals surface area (Å²) in [6, 6.07) is 13.0. The van der Waals surface area contributed by atoms with Crippen LogP contribution >= 0.6 is 11.6 Å². The zero-order valence-corrected chi connectivity index (χ0v) is 10.0. The van der Waals surface area contributed by atoms with Crippen molar-refractivity contribution in [3.63, 3.8) is 0 Å². The van der Waals surface area contributed by atoms with Gasteiger partial charge < -0.3 is 10.5 Å². The maximum atomic E-state index is 5.86. The van der Waals surface area contributed by atoms with Crippen molar-refractivity contribution < 1.29 is 4.74 Å². The molecule has 0 saturated heterocycles. The van der Waals surface area contributed by atoms with Gasteiger partial charge in [0.05, 0.1) is 11.4 Å². The lowest BCUT2D eigenvalue weighted by atomic mass is 10.3. The fourth-order valence-corrected chi connectivity index (χ4v) is 1.62. The number of hydrogen-bond acceptors (Lipinski definition) is 3. The second-order valence-corrected chi connectivity index (χ2v) is 4.01. The summed E-state index contributed by atoms with van der Waals surface area (Å²) in [7, 11) is 0. The summed E-state index contributed by atoms with van der Waals surface area (Å²) in [5.41, 5.74) is 7.24. The molecule has 1 aromatic heterocycles. The van der Waals surface area contributed by atoms with Crippen LogP contribution in [-0.4, -0.2) is 4.98 Å².